The predicted molar refractivity (Wildman–Crippen MR) is 120 cm³/mol. The van der Waals surface area contributed by atoms with Gasteiger partial charge in [0.15, 0.2) is 0 Å². The minimum Gasteiger partial charge on any atom is -0.497 e. The van der Waals surface area contributed by atoms with Crippen LogP contribution in [0, 0.1) is 0 Å². The van der Waals surface area contributed by atoms with Gasteiger partial charge in [0, 0.05) is 27.8 Å². The van der Waals surface area contributed by atoms with Crippen LogP contribution in [0.2, 0.25) is 0 Å². The highest BCUT2D eigenvalue weighted by Gasteiger charge is 2.23. The topological polar surface area (TPSA) is 64.2 Å². The van der Waals surface area contributed by atoms with Crippen LogP contribution in [0.5, 0.6) is 5.75 Å². The minimum atomic E-state index is 0.150. The highest BCUT2D eigenvalue weighted by molar-refractivity contribution is 6.08. The number of ether oxygens (including phenoxy) is 1. The Balaban J connectivity index is 1.92. The molecule has 1 heterocycles. The molecule has 4 rings (SSSR count). The van der Waals surface area contributed by atoms with Crippen LogP contribution in [0.3, 0.4) is 0 Å². The molecule has 0 saturated carbocycles. The van der Waals surface area contributed by atoms with Crippen LogP contribution in [-0.4, -0.2) is 17.7 Å². The van der Waals surface area contributed by atoms with Gasteiger partial charge in [0.05, 0.1) is 13.2 Å². The number of rotatable bonds is 8. The second kappa shape index (κ2) is 8.66. The maximum atomic E-state index is 5.57. The molecule has 5 heteroatoms. The molecule has 0 saturated heterocycles. The van der Waals surface area contributed by atoms with Gasteiger partial charge in [-0.05, 0) is 42.7 Å². The Hall–Kier alpha value is -2.86. The van der Waals surface area contributed by atoms with Crippen LogP contribution in [0.4, 0.5) is 0 Å². The number of hydrogen-bond donors (Lipinski definition) is 3. The summed E-state index contributed by atoms with van der Waals surface area (Å²) in [5.74, 6) is 6.44. The van der Waals surface area contributed by atoms with Gasteiger partial charge in [0.25, 0.3) is 0 Å². The third-order valence-corrected chi connectivity index (χ3v) is 5.72. The summed E-state index contributed by atoms with van der Waals surface area (Å²) >= 11 is 0. The lowest BCUT2D eigenvalue weighted by atomic mass is 9.97. The first kappa shape index (κ1) is 19.5. The zero-order valence-corrected chi connectivity index (χ0v) is 16.9. The summed E-state index contributed by atoms with van der Waals surface area (Å²) < 4.78 is 7.84. The molecule has 150 valence electrons. The van der Waals surface area contributed by atoms with Crippen LogP contribution < -0.4 is 21.5 Å². The summed E-state index contributed by atoms with van der Waals surface area (Å²) in [5.41, 5.74) is 9.56. The van der Waals surface area contributed by atoms with E-state index < -0.39 is 0 Å². The Morgan fingerprint density at radius 2 is 1.48 bits per heavy atom. The molecular formula is C24H28N4O. The summed E-state index contributed by atoms with van der Waals surface area (Å²) in [6, 6.07) is 26.0. The Kier molecular flexibility index (Phi) is 5.81. The number of nitrogens with two attached hydrogens (primary N) is 1. The monoisotopic (exact) mass is 388 g/mol. The first-order valence-corrected chi connectivity index (χ1v) is 10.1. The molecule has 4 aromatic rings. The number of hydrazine groups is 2. The van der Waals surface area contributed by atoms with Crippen molar-refractivity contribution in [1.29, 1.82) is 0 Å². The fraction of sp³-hybridized carbons (Fsp3) is 0.250. The normalized spacial score (nSPS) is 13.6. The van der Waals surface area contributed by atoms with Crippen LogP contribution >= 0.6 is 0 Å². The Morgan fingerprint density at radius 3 is 2.00 bits per heavy atom. The van der Waals surface area contributed by atoms with Gasteiger partial charge in [-0.25, -0.2) is 5.43 Å². The summed E-state index contributed by atoms with van der Waals surface area (Å²) in [5, 5.41) is 2.55. The number of hydrogen-bond acceptors (Lipinski definition) is 4. The van der Waals surface area contributed by atoms with E-state index in [9.17, 15) is 0 Å². The van der Waals surface area contributed by atoms with Gasteiger partial charge >= 0.3 is 0 Å². The largest absolute Gasteiger partial charge is 0.497 e. The van der Waals surface area contributed by atoms with E-state index in [4.69, 9.17) is 10.6 Å². The minimum absolute atomic E-state index is 0.150. The molecule has 2 unspecified atom stereocenters. The number of para-hydroxylation sites is 2. The molecule has 29 heavy (non-hydrogen) atoms. The third-order valence-electron chi connectivity index (χ3n) is 5.72. The van der Waals surface area contributed by atoms with E-state index in [1.807, 2.05) is 12.1 Å². The summed E-state index contributed by atoms with van der Waals surface area (Å²) in [6.45, 7) is 2.17. The number of nitrogens with one attached hydrogen (secondary N) is 2. The lowest BCUT2D eigenvalue weighted by molar-refractivity contribution is 0.368. The quantitative estimate of drug-likeness (QED) is 0.307. The molecule has 0 spiro atoms. The van der Waals surface area contributed by atoms with Crippen molar-refractivity contribution < 1.29 is 4.74 Å². The van der Waals surface area contributed by atoms with Crippen molar-refractivity contribution in [2.45, 2.75) is 31.8 Å². The van der Waals surface area contributed by atoms with Crippen molar-refractivity contribution in [3.63, 3.8) is 0 Å². The highest BCUT2D eigenvalue weighted by Crippen LogP contribution is 2.36. The molecule has 2 atom stereocenters. The smallest absolute Gasteiger partial charge is 0.118 e. The second-order valence-corrected chi connectivity index (χ2v) is 7.32. The average Bonchev–Trinajstić information content (AvgIpc) is 3.11. The standard InChI is InChI=1S/C24H28N4O/c1-3-18(26-27-25)16-24(17-12-14-19(29-2)15-13-17)28-22-10-6-4-8-20(22)21-9-5-7-11-23(21)28/h4-15,18,24,26-27H,3,16,25H2,1-2H3. The molecule has 0 bridgehead atoms. The predicted octanol–water partition coefficient (Wildman–Crippen LogP) is 4.53. The number of nitrogens with zero attached hydrogens (tertiary/aromatic N) is 1. The van der Waals surface area contributed by atoms with E-state index in [1.54, 1.807) is 7.11 Å². The van der Waals surface area contributed by atoms with Gasteiger partial charge in [-0.3, -0.25) is 5.84 Å². The average molecular weight is 389 g/mol. The van der Waals surface area contributed by atoms with Gasteiger partial charge < -0.3 is 9.30 Å². The summed E-state index contributed by atoms with van der Waals surface area (Å²) in [7, 11) is 1.70. The van der Waals surface area contributed by atoms with Crippen molar-refractivity contribution in [3.8, 4) is 5.75 Å². The zero-order valence-electron chi connectivity index (χ0n) is 16.9. The number of aromatic nitrogens is 1. The molecule has 0 aliphatic carbocycles. The highest BCUT2D eigenvalue weighted by atomic mass is 16.5. The molecule has 0 fully saturated rings. The molecule has 0 amide bonds. The van der Waals surface area contributed by atoms with E-state index in [-0.39, 0.29) is 12.1 Å². The van der Waals surface area contributed by atoms with Crippen molar-refractivity contribution >= 4 is 21.8 Å². The maximum Gasteiger partial charge on any atom is 0.118 e. The second-order valence-electron chi connectivity index (χ2n) is 7.32. The lowest BCUT2D eigenvalue weighted by Gasteiger charge is -2.27. The summed E-state index contributed by atoms with van der Waals surface area (Å²) in [4.78, 5) is 0. The van der Waals surface area contributed by atoms with Gasteiger partial charge in [-0.1, -0.05) is 55.5 Å². The maximum absolute atomic E-state index is 5.57. The number of fused-ring (bicyclic) bond motifs is 3. The Labute approximate surface area is 171 Å². The van der Waals surface area contributed by atoms with Crippen LogP contribution in [0.25, 0.3) is 21.8 Å². The van der Waals surface area contributed by atoms with Crippen LogP contribution in [0.15, 0.2) is 72.8 Å². The molecule has 3 aromatic carbocycles. The van der Waals surface area contributed by atoms with Crippen LogP contribution in [0.1, 0.15) is 31.4 Å². The Morgan fingerprint density at radius 1 is 0.897 bits per heavy atom. The van der Waals surface area contributed by atoms with E-state index in [1.165, 1.54) is 27.4 Å². The van der Waals surface area contributed by atoms with E-state index >= 15 is 0 Å². The molecule has 0 radical (unpaired) electrons. The number of methoxy groups -OCH3 is 1. The van der Waals surface area contributed by atoms with Crippen molar-refractivity contribution in [1.82, 2.24) is 15.5 Å². The number of benzene rings is 3. The van der Waals surface area contributed by atoms with Crippen molar-refractivity contribution in [3.05, 3.63) is 78.4 Å². The first-order chi connectivity index (χ1) is 14.3. The molecule has 0 aliphatic rings. The van der Waals surface area contributed by atoms with Crippen molar-refractivity contribution in [2.75, 3.05) is 7.11 Å². The van der Waals surface area contributed by atoms with Gasteiger partial charge in [-0.15, -0.1) is 0 Å². The molecular weight excluding hydrogens is 360 g/mol. The molecule has 4 N–H and O–H groups in total. The first-order valence-electron chi connectivity index (χ1n) is 10.1. The SMILES string of the molecule is CCC(CC(c1ccc(OC)cc1)n1c2ccccc2c2ccccc21)NNN. The van der Waals surface area contributed by atoms with Crippen LogP contribution in [-0.2, 0) is 0 Å². The van der Waals surface area contributed by atoms with E-state index in [2.05, 4.69) is 83.1 Å². The lowest BCUT2D eigenvalue weighted by Crippen LogP contribution is -2.45. The fourth-order valence-corrected chi connectivity index (χ4v) is 4.22. The van der Waals surface area contributed by atoms with E-state index in [0.717, 1.165) is 18.6 Å². The van der Waals surface area contributed by atoms with E-state index in [0.29, 0.717) is 0 Å². The van der Waals surface area contributed by atoms with Crippen molar-refractivity contribution in [2.24, 2.45) is 5.84 Å². The Bertz CT molecular complexity index is 1030. The fourth-order valence-electron chi connectivity index (χ4n) is 4.22. The van der Waals surface area contributed by atoms with Gasteiger partial charge in [-0.2, -0.15) is 5.53 Å². The molecule has 1 aromatic heterocycles. The van der Waals surface area contributed by atoms with Gasteiger partial charge in [0.1, 0.15) is 5.75 Å². The molecule has 5 nitrogen and oxygen atoms in total. The third kappa shape index (κ3) is 3.72. The molecule has 0 aliphatic heterocycles. The van der Waals surface area contributed by atoms with Gasteiger partial charge in [0.2, 0.25) is 0 Å². The zero-order chi connectivity index (χ0) is 20.2. The summed E-state index contributed by atoms with van der Waals surface area (Å²) in [6.07, 6.45) is 1.86.